The molecule has 1 heterocycles. The molecule has 1 rings (SSSR count). The second-order valence-electron chi connectivity index (χ2n) is 7.15. The molecule has 112 valence electrons. The Morgan fingerprint density at radius 3 is 2.53 bits per heavy atom. The van der Waals surface area contributed by atoms with Gasteiger partial charge in [-0.2, -0.15) is 0 Å². The molecule has 1 unspecified atom stereocenters. The number of carbonyl (C=O) groups excluding carboxylic acids is 1. The Morgan fingerprint density at radius 2 is 2.05 bits per heavy atom. The summed E-state index contributed by atoms with van der Waals surface area (Å²) in [5.74, 6) is -0.109. The van der Waals surface area contributed by atoms with Crippen molar-refractivity contribution in [3.8, 4) is 0 Å². The molecular formula is C14H29NO3Si. The van der Waals surface area contributed by atoms with Gasteiger partial charge >= 0.3 is 0 Å². The molecule has 1 fully saturated rings. The zero-order chi connectivity index (χ0) is 14.9. The number of nitrogens with one attached hydrogen (secondary N) is 1. The normalized spacial score (nSPS) is 28.6. The Morgan fingerprint density at radius 1 is 1.47 bits per heavy atom. The molecule has 0 saturated carbocycles. The summed E-state index contributed by atoms with van der Waals surface area (Å²) in [6, 6.07) is 0. The molecule has 0 bridgehead atoms. The van der Waals surface area contributed by atoms with Gasteiger partial charge in [0.15, 0.2) is 14.0 Å². The van der Waals surface area contributed by atoms with Gasteiger partial charge in [-0.05, 0) is 31.0 Å². The van der Waals surface area contributed by atoms with Crippen molar-refractivity contribution < 1.29 is 14.3 Å². The van der Waals surface area contributed by atoms with Crippen LogP contribution in [0.3, 0.4) is 0 Å². The van der Waals surface area contributed by atoms with Crippen LogP contribution in [-0.4, -0.2) is 31.2 Å². The van der Waals surface area contributed by atoms with Gasteiger partial charge in [0.25, 0.3) is 0 Å². The molecule has 4 nitrogen and oxygen atoms in total. The molecule has 0 aliphatic carbocycles. The Labute approximate surface area is 118 Å². The summed E-state index contributed by atoms with van der Waals surface area (Å²) in [7, 11) is -1.98. The number of hydrogen-bond donors (Lipinski definition) is 2. The SMILES string of the molecule is CCCCC1(O)NC(=O)C[C@@H]1O[Si](C)(C)C(C)(C)C. The standard InChI is InChI=1S/C14H29NO3Si/c1-7-8-9-14(17)11(10-12(16)15-14)18-19(5,6)13(2,3)4/h11,17H,7-10H2,1-6H3,(H,15,16)/t11-,14?/m0/s1. The van der Waals surface area contributed by atoms with Gasteiger partial charge in [-0.25, -0.2) is 0 Å². The third kappa shape index (κ3) is 3.80. The first-order chi connectivity index (χ1) is 8.52. The van der Waals surface area contributed by atoms with E-state index in [4.69, 9.17) is 4.43 Å². The van der Waals surface area contributed by atoms with Crippen LogP contribution in [0.1, 0.15) is 53.4 Å². The molecule has 2 atom stereocenters. The first-order valence-corrected chi connectivity index (χ1v) is 10.1. The van der Waals surface area contributed by atoms with Gasteiger partial charge in [0.1, 0.15) is 6.10 Å². The maximum atomic E-state index is 11.6. The lowest BCUT2D eigenvalue weighted by Gasteiger charge is -2.41. The van der Waals surface area contributed by atoms with Crippen LogP contribution in [0.15, 0.2) is 0 Å². The van der Waals surface area contributed by atoms with Gasteiger partial charge in [0.05, 0.1) is 6.42 Å². The minimum Gasteiger partial charge on any atom is -0.409 e. The van der Waals surface area contributed by atoms with E-state index in [0.29, 0.717) is 6.42 Å². The summed E-state index contributed by atoms with van der Waals surface area (Å²) < 4.78 is 6.25. The van der Waals surface area contributed by atoms with E-state index in [1.807, 2.05) is 0 Å². The number of amides is 1. The van der Waals surface area contributed by atoms with Gasteiger partial charge < -0.3 is 14.8 Å². The van der Waals surface area contributed by atoms with Crippen molar-refractivity contribution in [1.82, 2.24) is 5.32 Å². The van der Waals surface area contributed by atoms with Crippen molar-refractivity contribution in [2.75, 3.05) is 0 Å². The van der Waals surface area contributed by atoms with E-state index in [0.717, 1.165) is 12.8 Å². The number of aliphatic hydroxyl groups is 1. The van der Waals surface area contributed by atoms with Crippen molar-refractivity contribution >= 4 is 14.2 Å². The summed E-state index contributed by atoms with van der Waals surface area (Å²) in [6.45, 7) is 12.9. The summed E-state index contributed by atoms with van der Waals surface area (Å²) in [5.41, 5.74) is -1.18. The van der Waals surface area contributed by atoms with E-state index in [9.17, 15) is 9.90 Å². The van der Waals surface area contributed by atoms with Crippen LogP contribution in [-0.2, 0) is 9.22 Å². The lowest BCUT2D eigenvalue weighted by Crippen LogP contribution is -2.54. The fourth-order valence-corrected chi connectivity index (χ4v) is 3.39. The maximum Gasteiger partial charge on any atom is 0.225 e. The molecule has 19 heavy (non-hydrogen) atoms. The minimum absolute atomic E-state index is 0.0737. The van der Waals surface area contributed by atoms with E-state index in [-0.39, 0.29) is 17.4 Å². The van der Waals surface area contributed by atoms with E-state index in [1.165, 1.54) is 0 Å². The Balaban J connectivity index is 2.83. The summed E-state index contributed by atoms with van der Waals surface area (Å²) >= 11 is 0. The molecule has 2 N–H and O–H groups in total. The van der Waals surface area contributed by atoms with Crippen molar-refractivity contribution in [3.05, 3.63) is 0 Å². The molecule has 1 aliphatic heterocycles. The second-order valence-corrected chi connectivity index (χ2v) is 11.9. The molecular weight excluding hydrogens is 258 g/mol. The van der Waals surface area contributed by atoms with E-state index < -0.39 is 20.1 Å². The molecule has 0 aromatic carbocycles. The maximum absolute atomic E-state index is 11.6. The molecule has 0 aromatic rings. The molecule has 5 heteroatoms. The lowest BCUT2D eigenvalue weighted by molar-refractivity contribution is -0.122. The van der Waals surface area contributed by atoms with Gasteiger partial charge in [-0.3, -0.25) is 4.79 Å². The van der Waals surface area contributed by atoms with Crippen LogP contribution in [0.4, 0.5) is 0 Å². The van der Waals surface area contributed by atoms with E-state index in [2.05, 4.69) is 46.1 Å². The van der Waals surface area contributed by atoms with Gasteiger partial charge in [0, 0.05) is 0 Å². The molecule has 0 spiro atoms. The third-order valence-corrected chi connectivity index (χ3v) is 8.90. The molecule has 1 amide bonds. The summed E-state index contributed by atoms with van der Waals surface area (Å²) in [5, 5.41) is 13.4. The molecule has 0 radical (unpaired) electrons. The molecule has 1 aliphatic rings. The van der Waals surface area contributed by atoms with Crippen molar-refractivity contribution in [1.29, 1.82) is 0 Å². The van der Waals surface area contributed by atoms with Gasteiger partial charge in [0.2, 0.25) is 5.91 Å². The molecule has 1 saturated heterocycles. The predicted molar refractivity (Wildman–Crippen MR) is 79.3 cm³/mol. The first-order valence-electron chi connectivity index (χ1n) is 7.23. The van der Waals surface area contributed by atoms with Crippen LogP contribution in [0.25, 0.3) is 0 Å². The predicted octanol–water partition coefficient (Wildman–Crippen LogP) is 2.78. The summed E-state index contributed by atoms with van der Waals surface area (Å²) in [6.07, 6.45) is 2.30. The highest BCUT2D eigenvalue weighted by Crippen LogP contribution is 2.40. The van der Waals surface area contributed by atoms with Crippen molar-refractivity contribution in [2.45, 2.75) is 83.3 Å². The number of hydrogen-bond acceptors (Lipinski definition) is 3. The van der Waals surface area contributed by atoms with Crippen LogP contribution in [0.2, 0.25) is 18.1 Å². The van der Waals surface area contributed by atoms with Crippen LogP contribution in [0, 0.1) is 0 Å². The minimum atomic E-state index is -1.98. The Hall–Kier alpha value is -0.393. The van der Waals surface area contributed by atoms with Gasteiger partial charge in [-0.15, -0.1) is 0 Å². The van der Waals surface area contributed by atoms with Crippen LogP contribution < -0.4 is 5.32 Å². The monoisotopic (exact) mass is 287 g/mol. The Kier molecular flexibility index (Phi) is 4.86. The average molecular weight is 287 g/mol. The fraction of sp³-hybridized carbons (Fsp3) is 0.929. The van der Waals surface area contributed by atoms with Gasteiger partial charge in [-0.1, -0.05) is 34.1 Å². The van der Waals surface area contributed by atoms with E-state index in [1.54, 1.807) is 0 Å². The second kappa shape index (κ2) is 5.54. The molecule has 0 aromatic heterocycles. The zero-order valence-electron chi connectivity index (χ0n) is 13.2. The zero-order valence-corrected chi connectivity index (χ0v) is 14.2. The number of rotatable bonds is 5. The fourth-order valence-electron chi connectivity index (χ4n) is 2.05. The highest BCUT2D eigenvalue weighted by molar-refractivity contribution is 6.74. The lowest BCUT2D eigenvalue weighted by atomic mass is 10.0. The number of carbonyl (C=O) groups is 1. The highest BCUT2D eigenvalue weighted by atomic mass is 28.4. The summed E-state index contributed by atoms with van der Waals surface area (Å²) in [4.78, 5) is 11.6. The third-order valence-electron chi connectivity index (χ3n) is 4.41. The van der Waals surface area contributed by atoms with Crippen molar-refractivity contribution in [2.24, 2.45) is 0 Å². The Bertz CT molecular complexity index is 338. The van der Waals surface area contributed by atoms with E-state index >= 15 is 0 Å². The first kappa shape index (κ1) is 16.7. The highest BCUT2D eigenvalue weighted by Gasteiger charge is 2.50. The average Bonchev–Trinajstić information content (AvgIpc) is 2.49. The quantitative estimate of drug-likeness (QED) is 0.764. The largest absolute Gasteiger partial charge is 0.409 e. The number of unbranched alkanes of at least 4 members (excludes halogenated alkanes) is 1. The van der Waals surface area contributed by atoms with Crippen molar-refractivity contribution in [3.63, 3.8) is 0 Å². The van der Waals surface area contributed by atoms with Crippen LogP contribution in [0.5, 0.6) is 0 Å². The van der Waals surface area contributed by atoms with Crippen LogP contribution >= 0.6 is 0 Å². The smallest absolute Gasteiger partial charge is 0.225 e. The topological polar surface area (TPSA) is 58.6 Å².